The Morgan fingerprint density at radius 1 is 1.00 bits per heavy atom. The normalized spacial score (nSPS) is 10.3. The average Bonchev–Trinajstić information content (AvgIpc) is 2.47. The Kier molecular flexibility index (Phi) is 5.05. The summed E-state index contributed by atoms with van der Waals surface area (Å²) < 4.78 is 0. The zero-order chi connectivity index (χ0) is 14.4. The van der Waals surface area contributed by atoms with Crippen molar-refractivity contribution < 1.29 is 0 Å². The van der Waals surface area contributed by atoms with Gasteiger partial charge in [0.2, 0.25) is 0 Å². The largest absolute Gasteiger partial charge is 0.378 e. The molecule has 0 spiro atoms. The zero-order valence-electron chi connectivity index (χ0n) is 12.7. The van der Waals surface area contributed by atoms with Crippen molar-refractivity contribution in [2.75, 3.05) is 24.3 Å². The summed E-state index contributed by atoms with van der Waals surface area (Å²) in [6.07, 6.45) is 3.56. The van der Waals surface area contributed by atoms with E-state index in [2.05, 4.69) is 73.7 Å². The molecule has 0 unspecified atom stereocenters. The third-order valence-electron chi connectivity index (χ3n) is 3.46. The van der Waals surface area contributed by atoms with E-state index in [1.165, 1.54) is 29.8 Å². The maximum absolute atomic E-state index is 3.53. The van der Waals surface area contributed by atoms with Gasteiger partial charge in [0.25, 0.3) is 0 Å². The molecule has 0 fully saturated rings. The fourth-order valence-corrected chi connectivity index (χ4v) is 2.23. The number of anilines is 3. The van der Waals surface area contributed by atoms with Crippen molar-refractivity contribution in [3.05, 3.63) is 54.1 Å². The highest BCUT2D eigenvalue weighted by atomic mass is 15.1. The Balaban J connectivity index is 2.26. The van der Waals surface area contributed by atoms with Crippen LogP contribution in [0, 0.1) is 0 Å². The van der Waals surface area contributed by atoms with E-state index in [1.54, 1.807) is 0 Å². The molecule has 2 aromatic carbocycles. The molecule has 0 aliphatic heterocycles. The summed E-state index contributed by atoms with van der Waals surface area (Å²) >= 11 is 0. The van der Waals surface area contributed by atoms with Crippen molar-refractivity contribution in [2.45, 2.75) is 26.2 Å². The van der Waals surface area contributed by atoms with E-state index >= 15 is 0 Å². The molecule has 20 heavy (non-hydrogen) atoms. The zero-order valence-corrected chi connectivity index (χ0v) is 12.7. The summed E-state index contributed by atoms with van der Waals surface area (Å²) in [7, 11) is 4.17. The quantitative estimate of drug-likeness (QED) is 0.806. The van der Waals surface area contributed by atoms with Gasteiger partial charge in [0, 0.05) is 31.2 Å². The molecule has 2 heteroatoms. The Labute approximate surface area is 122 Å². The van der Waals surface area contributed by atoms with E-state index in [-0.39, 0.29) is 0 Å². The first-order chi connectivity index (χ1) is 9.70. The second-order valence-electron chi connectivity index (χ2n) is 5.33. The van der Waals surface area contributed by atoms with Crippen LogP contribution in [0.3, 0.4) is 0 Å². The van der Waals surface area contributed by atoms with Gasteiger partial charge >= 0.3 is 0 Å². The third-order valence-corrected chi connectivity index (χ3v) is 3.46. The molecule has 106 valence electrons. The highest BCUT2D eigenvalue weighted by Crippen LogP contribution is 2.26. The van der Waals surface area contributed by atoms with Crippen LogP contribution in [-0.4, -0.2) is 14.1 Å². The first-order valence-electron chi connectivity index (χ1n) is 7.33. The molecular weight excluding hydrogens is 244 g/mol. The maximum atomic E-state index is 3.53. The lowest BCUT2D eigenvalue weighted by Crippen LogP contribution is -2.09. The van der Waals surface area contributed by atoms with Crippen LogP contribution in [0.15, 0.2) is 48.5 Å². The number of hydrogen-bond acceptors (Lipinski definition) is 2. The molecule has 1 N–H and O–H groups in total. The van der Waals surface area contributed by atoms with Gasteiger partial charge in [-0.3, -0.25) is 0 Å². The van der Waals surface area contributed by atoms with E-state index in [1.807, 2.05) is 6.07 Å². The molecule has 0 aromatic heterocycles. The minimum Gasteiger partial charge on any atom is -0.378 e. The number of nitrogens with zero attached hydrogens (tertiary/aromatic N) is 1. The van der Waals surface area contributed by atoms with Gasteiger partial charge in [0.1, 0.15) is 0 Å². The summed E-state index contributed by atoms with van der Waals surface area (Å²) in [5.41, 5.74) is 5.01. The molecular formula is C18H24N2. The molecule has 0 saturated heterocycles. The molecule has 0 radical (unpaired) electrons. The van der Waals surface area contributed by atoms with Crippen LogP contribution in [0.1, 0.15) is 25.3 Å². The van der Waals surface area contributed by atoms with E-state index in [0.29, 0.717) is 0 Å². The SMILES string of the molecule is CCCCc1cc(N(C)C)ccc1Nc1ccccc1. The number of hydrogen-bond donors (Lipinski definition) is 1. The van der Waals surface area contributed by atoms with E-state index in [9.17, 15) is 0 Å². The van der Waals surface area contributed by atoms with Gasteiger partial charge in [-0.05, 0) is 48.7 Å². The van der Waals surface area contributed by atoms with Gasteiger partial charge in [-0.1, -0.05) is 31.5 Å². The summed E-state index contributed by atoms with van der Waals surface area (Å²) in [4.78, 5) is 2.15. The Hall–Kier alpha value is -1.96. The first-order valence-corrected chi connectivity index (χ1v) is 7.33. The Bertz CT molecular complexity index is 532. The summed E-state index contributed by atoms with van der Waals surface area (Å²) in [6.45, 7) is 2.24. The minimum atomic E-state index is 1.12. The van der Waals surface area contributed by atoms with Crippen molar-refractivity contribution in [1.82, 2.24) is 0 Å². The van der Waals surface area contributed by atoms with E-state index < -0.39 is 0 Å². The van der Waals surface area contributed by atoms with Crippen LogP contribution >= 0.6 is 0 Å². The lowest BCUT2D eigenvalue weighted by atomic mass is 10.0. The van der Waals surface area contributed by atoms with Gasteiger partial charge in [-0.25, -0.2) is 0 Å². The monoisotopic (exact) mass is 268 g/mol. The highest BCUT2D eigenvalue weighted by molar-refractivity contribution is 5.67. The second kappa shape index (κ2) is 6.99. The molecule has 0 aliphatic carbocycles. The number of rotatable bonds is 6. The molecule has 0 heterocycles. The lowest BCUT2D eigenvalue weighted by Gasteiger charge is -2.18. The summed E-state index contributed by atoms with van der Waals surface area (Å²) in [5.74, 6) is 0. The number of benzene rings is 2. The third kappa shape index (κ3) is 3.77. The van der Waals surface area contributed by atoms with Crippen molar-refractivity contribution in [1.29, 1.82) is 0 Å². The average molecular weight is 268 g/mol. The van der Waals surface area contributed by atoms with Crippen LogP contribution in [0.5, 0.6) is 0 Å². The smallest absolute Gasteiger partial charge is 0.0418 e. The standard InChI is InChI=1S/C18H24N2/c1-4-5-9-15-14-17(20(2)3)12-13-18(15)19-16-10-7-6-8-11-16/h6-8,10-14,19H,4-5,9H2,1-3H3. The Morgan fingerprint density at radius 3 is 2.40 bits per heavy atom. The van der Waals surface area contributed by atoms with Crippen LogP contribution in [0.25, 0.3) is 0 Å². The Morgan fingerprint density at radius 2 is 1.75 bits per heavy atom. The summed E-state index contributed by atoms with van der Waals surface area (Å²) in [5, 5.41) is 3.53. The first kappa shape index (κ1) is 14.4. The van der Waals surface area contributed by atoms with E-state index in [4.69, 9.17) is 0 Å². The fraction of sp³-hybridized carbons (Fsp3) is 0.333. The molecule has 0 saturated carbocycles. The number of para-hydroxylation sites is 1. The number of unbranched alkanes of at least 4 members (excludes halogenated alkanes) is 1. The highest BCUT2D eigenvalue weighted by Gasteiger charge is 2.05. The van der Waals surface area contributed by atoms with Crippen LogP contribution in [-0.2, 0) is 6.42 Å². The number of nitrogens with one attached hydrogen (secondary N) is 1. The molecule has 2 nitrogen and oxygen atoms in total. The molecule has 0 aliphatic rings. The molecule has 2 aromatic rings. The van der Waals surface area contributed by atoms with Crippen LogP contribution in [0.4, 0.5) is 17.1 Å². The van der Waals surface area contributed by atoms with Crippen molar-refractivity contribution >= 4 is 17.1 Å². The fourth-order valence-electron chi connectivity index (χ4n) is 2.23. The summed E-state index contributed by atoms with van der Waals surface area (Å²) in [6, 6.07) is 17.0. The number of aryl methyl sites for hydroxylation is 1. The second-order valence-corrected chi connectivity index (χ2v) is 5.33. The van der Waals surface area contributed by atoms with Crippen molar-refractivity contribution in [3.63, 3.8) is 0 Å². The molecule has 2 rings (SSSR count). The molecule has 0 amide bonds. The topological polar surface area (TPSA) is 15.3 Å². The predicted octanol–water partition coefficient (Wildman–Crippen LogP) is 4.84. The van der Waals surface area contributed by atoms with Gasteiger partial charge in [-0.15, -0.1) is 0 Å². The van der Waals surface area contributed by atoms with Crippen LogP contribution in [0.2, 0.25) is 0 Å². The maximum Gasteiger partial charge on any atom is 0.0418 e. The van der Waals surface area contributed by atoms with Gasteiger partial charge < -0.3 is 10.2 Å². The van der Waals surface area contributed by atoms with Crippen molar-refractivity contribution in [2.24, 2.45) is 0 Å². The predicted molar refractivity (Wildman–Crippen MR) is 89.1 cm³/mol. The lowest BCUT2D eigenvalue weighted by molar-refractivity contribution is 0.796. The molecule has 0 atom stereocenters. The van der Waals surface area contributed by atoms with Crippen molar-refractivity contribution in [3.8, 4) is 0 Å². The van der Waals surface area contributed by atoms with Gasteiger partial charge in [-0.2, -0.15) is 0 Å². The van der Waals surface area contributed by atoms with E-state index in [0.717, 1.165) is 12.1 Å². The van der Waals surface area contributed by atoms with Gasteiger partial charge in [0.15, 0.2) is 0 Å². The minimum absolute atomic E-state index is 1.12. The van der Waals surface area contributed by atoms with Gasteiger partial charge in [0.05, 0.1) is 0 Å². The molecule has 0 bridgehead atoms. The van der Waals surface area contributed by atoms with Crippen LogP contribution < -0.4 is 10.2 Å².